The lowest BCUT2D eigenvalue weighted by Crippen LogP contribution is -2.18. The van der Waals surface area contributed by atoms with Crippen LogP contribution in [0.15, 0.2) is 6.20 Å². The first-order valence-electron chi connectivity index (χ1n) is 4.34. The van der Waals surface area contributed by atoms with E-state index in [0.717, 1.165) is 5.06 Å². The van der Waals surface area contributed by atoms with Gasteiger partial charge in [-0.15, -0.1) is 0 Å². The first kappa shape index (κ1) is 9.47. The van der Waals surface area contributed by atoms with Crippen LogP contribution >= 0.6 is 0 Å². The van der Waals surface area contributed by atoms with E-state index >= 15 is 0 Å². The summed E-state index contributed by atoms with van der Waals surface area (Å²) in [6.45, 7) is 0.176. The van der Waals surface area contributed by atoms with Gasteiger partial charge in [-0.3, -0.25) is 10.3 Å². The lowest BCUT2D eigenvalue weighted by Gasteiger charge is -2.23. The molecule has 0 radical (unpaired) electrons. The molecule has 2 rings (SSSR count). The Hall–Kier alpha value is -2.08. The third-order valence-electron chi connectivity index (χ3n) is 2.47. The van der Waals surface area contributed by atoms with Crippen LogP contribution in [-0.4, -0.2) is 15.4 Å². The molecule has 0 unspecified atom stereocenters. The largest absolute Gasteiger partial charge is 0.505 e. The van der Waals surface area contributed by atoms with E-state index in [1.54, 1.807) is 0 Å². The Balaban J connectivity index is 2.74. The summed E-state index contributed by atoms with van der Waals surface area (Å²) in [7, 11) is 0. The third kappa shape index (κ3) is 1.23. The molecule has 0 saturated carbocycles. The standard InChI is InChI=1S/C9H12N4O2/c10-6-5-3-13(15)2-1-4(5)9(14)8(12)7(6)11/h1-2,14-15H,3,10-12H2. The van der Waals surface area contributed by atoms with E-state index < -0.39 is 0 Å². The molecular weight excluding hydrogens is 196 g/mol. The topological polar surface area (TPSA) is 122 Å². The number of benzene rings is 1. The van der Waals surface area contributed by atoms with Crippen LogP contribution in [0.3, 0.4) is 0 Å². The lowest BCUT2D eigenvalue weighted by molar-refractivity contribution is -0.0493. The van der Waals surface area contributed by atoms with Crippen molar-refractivity contribution in [3.05, 3.63) is 17.3 Å². The second-order valence-electron chi connectivity index (χ2n) is 3.40. The normalized spacial score (nSPS) is 14.1. The molecule has 1 aromatic rings. The highest BCUT2D eigenvalue weighted by Gasteiger charge is 2.21. The van der Waals surface area contributed by atoms with Crippen LogP contribution in [-0.2, 0) is 6.54 Å². The van der Waals surface area contributed by atoms with Gasteiger partial charge in [0, 0.05) is 17.3 Å². The van der Waals surface area contributed by atoms with Gasteiger partial charge in [-0.1, -0.05) is 0 Å². The zero-order valence-electron chi connectivity index (χ0n) is 7.94. The van der Waals surface area contributed by atoms with Crippen molar-refractivity contribution in [1.82, 2.24) is 5.06 Å². The minimum Gasteiger partial charge on any atom is -0.505 e. The first-order chi connectivity index (χ1) is 7.02. The molecule has 80 valence electrons. The van der Waals surface area contributed by atoms with Crippen LogP contribution in [0, 0.1) is 0 Å². The molecule has 8 N–H and O–H groups in total. The Morgan fingerprint density at radius 3 is 2.47 bits per heavy atom. The highest BCUT2D eigenvalue weighted by Crippen LogP contribution is 2.41. The van der Waals surface area contributed by atoms with Crippen molar-refractivity contribution >= 4 is 23.1 Å². The number of hydroxylamine groups is 2. The molecule has 6 heteroatoms. The van der Waals surface area contributed by atoms with Crippen LogP contribution in [0.25, 0.3) is 6.08 Å². The van der Waals surface area contributed by atoms with Crippen molar-refractivity contribution in [2.24, 2.45) is 0 Å². The van der Waals surface area contributed by atoms with Gasteiger partial charge in [0.05, 0.1) is 17.9 Å². The van der Waals surface area contributed by atoms with E-state index in [1.165, 1.54) is 12.3 Å². The fraction of sp³-hybridized carbons (Fsp3) is 0.111. The quantitative estimate of drug-likeness (QED) is 0.238. The number of phenols is 1. The van der Waals surface area contributed by atoms with Crippen LogP contribution in [0.4, 0.5) is 17.1 Å². The van der Waals surface area contributed by atoms with Gasteiger partial charge in [-0.25, -0.2) is 0 Å². The number of aromatic hydroxyl groups is 1. The van der Waals surface area contributed by atoms with Crippen molar-refractivity contribution in [3.8, 4) is 5.75 Å². The number of nitrogens with two attached hydrogens (primary N) is 3. The summed E-state index contributed by atoms with van der Waals surface area (Å²) < 4.78 is 0. The summed E-state index contributed by atoms with van der Waals surface area (Å²) in [4.78, 5) is 0. The second kappa shape index (κ2) is 2.96. The molecule has 0 bridgehead atoms. The summed E-state index contributed by atoms with van der Waals surface area (Å²) in [5, 5.41) is 19.9. The molecule has 0 amide bonds. The molecule has 1 aliphatic heterocycles. The maximum absolute atomic E-state index is 9.72. The maximum atomic E-state index is 9.72. The van der Waals surface area contributed by atoms with E-state index in [0.29, 0.717) is 16.8 Å². The van der Waals surface area contributed by atoms with Gasteiger partial charge in [-0.2, -0.15) is 0 Å². The average molecular weight is 208 g/mol. The van der Waals surface area contributed by atoms with Gasteiger partial charge in [0.2, 0.25) is 0 Å². The number of fused-ring (bicyclic) bond motifs is 1. The predicted molar refractivity (Wildman–Crippen MR) is 57.7 cm³/mol. The number of anilines is 3. The number of rotatable bonds is 0. The molecule has 1 heterocycles. The number of nitrogens with zero attached hydrogens (tertiary/aromatic N) is 1. The third-order valence-corrected chi connectivity index (χ3v) is 2.47. The van der Waals surface area contributed by atoms with Gasteiger partial charge < -0.3 is 22.3 Å². The molecule has 0 spiro atoms. The molecule has 6 nitrogen and oxygen atoms in total. The summed E-state index contributed by atoms with van der Waals surface area (Å²) in [5.41, 5.74) is 18.5. The molecule has 1 aliphatic rings. The number of phenolic OH excluding ortho intramolecular Hbond substituents is 1. The maximum Gasteiger partial charge on any atom is 0.148 e. The van der Waals surface area contributed by atoms with Crippen LogP contribution < -0.4 is 17.2 Å². The Labute approximate surface area is 86.2 Å². The fourth-order valence-corrected chi connectivity index (χ4v) is 1.59. The lowest BCUT2D eigenvalue weighted by atomic mass is 9.99. The van der Waals surface area contributed by atoms with Crippen LogP contribution in [0.5, 0.6) is 5.75 Å². The van der Waals surface area contributed by atoms with Crippen molar-refractivity contribution in [1.29, 1.82) is 0 Å². The van der Waals surface area contributed by atoms with Gasteiger partial charge in [-0.05, 0) is 6.08 Å². The number of hydrogen-bond acceptors (Lipinski definition) is 6. The van der Waals surface area contributed by atoms with Gasteiger partial charge in [0.25, 0.3) is 0 Å². The predicted octanol–water partition coefficient (Wildman–Crippen LogP) is 0.314. The van der Waals surface area contributed by atoms with E-state index in [4.69, 9.17) is 17.2 Å². The molecule has 0 aromatic heterocycles. The molecule has 0 fully saturated rings. The zero-order valence-corrected chi connectivity index (χ0v) is 7.94. The van der Waals surface area contributed by atoms with Gasteiger partial charge in [0.15, 0.2) is 0 Å². The Kier molecular flexibility index (Phi) is 1.87. The highest BCUT2D eigenvalue weighted by molar-refractivity contribution is 5.90. The summed E-state index contributed by atoms with van der Waals surface area (Å²) in [5.74, 6) is -0.0962. The number of nitrogen functional groups attached to an aromatic ring is 3. The molecule has 15 heavy (non-hydrogen) atoms. The average Bonchev–Trinajstić information content (AvgIpc) is 2.23. The SMILES string of the molecule is Nc1c(N)c(O)c2c(c1N)CN(O)C=C2. The summed E-state index contributed by atoms with van der Waals surface area (Å²) >= 11 is 0. The Morgan fingerprint density at radius 2 is 1.80 bits per heavy atom. The van der Waals surface area contributed by atoms with Crippen LogP contribution in [0.2, 0.25) is 0 Å². The van der Waals surface area contributed by atoms with E-state index in [-0.39, 0.29) is 23.7 Å². The molecular formula is C9H12N4O2. The molecule has 0 atom stereocenters. The van der Waals surface area contributed by atoms with E-state index in [1.807, 2.05) is 0 Å². The highest BCUT2D eigenvalue weighted by atomic mass is 16.5. The second-order valence-corrected chi connectivity index (χ2v) is 3.40. The van der Waals surface area contributed by atoms with Crippen molar-refractivity contribution in [3.63, 3.8) is 0 Å². The molecule has 0 saturated heterocycles. The van der Waals surface area contributed by atoms with Crippen molar-refractivity contribution in [2.75, 3.05) is 17.2 Å². The Bertz CT molecular complexity index is 456. The summed E-state index contributed by atoms with van der Waals surface area (Å²) in [6, 6.07) is 0. The van der Waals surface area contributed by atoms with Gasteiger partial charge in [0.1, 0.15) is 11.4 Å². The molecule has 0 aliphatic carbocycles. The number of hydrogen-bond donors (Lipinski definition) is 5. The van der Waals surface area contributed by atoms with Crippen LogP contribution in [0.1, 0.15) is 11.1 Å². The molecule has 1 aromatic carbocycles. The monoisotopic (exact) mass is 208 g/mol. The van der Waals surface area contributed by atoms with Crippen molar-refractivity contribution in [2.45, 2.75) is 6.54 Å². The first-order valence-corrected chi connectivity index (χ1v) is 4.34. The van der Waals surface area contributed by atoms with E-state index in [9.17, 15) is 10.3 Å². The van der Waals surface area contributed by atoms with Crippen molar-refractivity contribution < 1.29 is 10.3 Å². The summed E-state index contributed by atoms with van der Waals surface area (Å²) in [6.07, 6.45) is 2.94. The smallest absolute Gasteiger partial charge is 0.148 e. The minimum absolute atomic E-state index is 0.0716. The zero-order chi connectivity index (χ0) is 11.2. The van der Waals surface area contributed by atoms with E-state index in [2.05, 4.69) is 0 Å². The van der Waals surface area contributed by atoms with Gasteiger partial charge >= 0.3 is 0 Å². The fourth-order valence-electron chi connectivity index (χ4n) is 1.59. The minimum atomic E-state index is -0.0962. The Morgan fingerprint density at radius 1 is 1.13 bits per heavy atom.